The van der Waals surface area contributed by atoms with Gasteiger partial charge in [-0.25, -0.2) is 14.6 Å². The van der Waals surface area contributed by atoms with E-state index in [0.29, 0.717) is 32.7 Å². The number of aliphatic imine (C=N–C) groups is 1. The fraction of sp³-hybridized carbons (Fsp3) is 0.208. The van der Waals surface area contributed by atoms with E-state index < -0.39 is 18.5 Å². The summed E-state index contributed by atoms with van der Waals surface area (Å²) in [7, 11) is 2.99. The number of nitrogens with zero attached hydrogens (tertiary/aromatic N) is 1. The number of carbonyl (C=O) groups is 2. The molecule has 0 unspecified atom stereocenters. The minimum atomic E-state index is -1.11. The van der Waals surface area contributed by atoms with Crippen molar-refractivity contribution < 1.29 is 38.7 Å². The van der Waals surface area contributed by atoms with Crippen LogP contribution < -0.4 is 14.2 Å². The molecule has 9 nitrogen and oxygen atoms in total. The number of carboxylic acids is 1. The molecule has 2 aromatic rings. The standard InChI is InChI=1S/C24H23NO8S/c1-4-32-24(29)21-22(28)19(34-23(21)25-15-6-8-16(30-2)9-7-15)12-14-5-10-17(18(11-14)31-3)33-13-20(26)27/h5-12,28H,4,13H2,1-3H3,(H,26,27). The maximum atomic E-state index is 12.6. The summed E-state index contributed by atoms with van der Waals surface area (Å²) < 4.78 is 20.8. The van der Waals surface area contributed by atoms with Crippen LogP contribution >= 0.6 is 11.8 Å². The zero-order valence-electron chi connectivity index (χ0n) is 18.7. The summed E-state index contributed by atoms with van der Waals surface area (Å²) in [5, 5.41) is 19.9. The SMILES string of the molecule is CCOC(=O)C1=C(O)C(=Cc2ccc(OCC(=O)O)c(OC)c2)SC1=Nc1ccc(OC)cc1. The van der Waals surface area contributed by atoms with Crippen LogP contribution in [0.25, 0.3) is 6.08 Å². The minimum absolute atomic E-state index is 0.0257. The first kappa shape index (κ1) is 24.7. The number of rotatable bonds is 9. The van der Waals surface area contributed by atoms with Gasteiger partial charge in [0.15, 0.2) is 18.1 Å². The first-order valence-corrected chi connectivity index (χ1v) is 10.9. The molecule has 0 amide bonds. The summed E-state index contributed by atoms with van der Waals surface area (Å²) in [4.78, 5) is 28.2. The van der Waals surface area contributed by atoms with Crippen LogP contribution in [-0.4, -0.2) is 54.6 Å². The molecule has 0 aliphatic carbocycles. The molecule has 178 valence electrons. The van der Waals surface area contributed by atoms with E-state index >= 15 is 0 Å². The quantitative estimate of drug-likeness (QED) is 0.499. The third-order valence-corrected chi connectivity index (χ3v) is 5.53. The predicted octanol–water partition coefficient (Wildman–Crippen LogP) is 4.36. The van der Waals surface area contributed by atoms with Gasteiger partial charge in [0.05, 0.1) is 31.4 Å². The number of ether oxygens (including phenoxy) is 4. The van der Waals surface area contributed by atoms with Gasteiger partial charge in [0.2, 0.25) is 0 Å². The molecule has 0 spiro atoms. The van der Waals surface area contributed by atoms with Crippen LogP contribution in [0.1, 0.15) is 12.5 Å². The fourth-order valence-electron chi connectivity index (χ4n) is 2.95. The molecule has 0 aromatic heterocycles. The van der Waals surface area contributed by atoms with Gasteiger partial charge in [-0.2, -0.15) is 0 Å². The first-order valence-electron chi connectivity index (χ1n) is 10.1. The lowest BCUT2D eigenvalue weighted by molar-refractivity contribution is -0.139. The van der Waals surface area contributed by atoms with Crippen molar-refractivity contribution in [3.05, 3.63) is 64.3 Å². The second-order valence-electron chi connectivity index (χ2n) is 6.76. The van der Waals surface area contributed by atoms with Crippen LogP contribution in [0.5, 0.6) is 17.2 Å². The molecule has 2 N–H and O–H groups in total. The summed E-state index contributed by atoms with van der Waals surface area (Å²) in [6.07, 6.45) is 1.65. The molecule has 1 aliphatic rings. The van der Waals surface area contributed by atoms with Gasteiger partial charge in [0, 0.05) is 0 Å². The van der Waals surface area contributed by atoms with E-state index in [4.69, 9.17) is 24.1 Å². The molecule has 0 saturated heterocycles. The van der Waals surface area contributed by atoms with Gasteiger partial charge < -0.3 is 29.2 Å². The van der Waals surface area contributed by atoms with Crippen molar-refractivity contribution in [3.63, 3.8) is 0 Å². The van der Waals surface area contributed by atoms with E-state index in [9.17, 15) is 14.7 Å². The number of benzene rings is 2. The maximum Gasteiger partial charge on any atom is 0.344 e. The van der Waals surface area contributed by atoms with E-state index in [-0.39, 0.29) is 23.7 Å². The fourth-order valence-corrected chi connectivity index (χ4v) is 3.99. The molecule has 3 rings (SSSR count). The van der Waals surface area contributed by atoms with E-state index in [1.165, 1.54) is 7.11 Å². The van der Waals surface area contributed by atoms with Crippen molar-refractivity contribution >= 4 is 40.5 Å². The van der Waals surface area contributed by atoms with Gasteiger partial charge >= 0.3 is 11.9 Å². The number of thioether (sulfide) groups is 1. The number of aliphatic carboxylic acids is 1. The number of esters is 1. The molecule has 2 aromatic carbocycles. The summed E-state index contributed by atoms with van der Waals surface area (Å²) in [6, 6.07) is 11.8. The van der Waals surface area contributed by atoms with Crippen LogP contribution in [0.2, 0.25) is 0 Å². The average Bonchev–Trinajstić information content (AvgIpc) is 3.12. The van der Waals surface area contributed by atoms with E-state index in [0.717, 1.165) is 11.8 Å². The highest BCUT2D eigenvalue weighted by Gasteiger charge is 2.33. The van der Waals surface area contributed by atoms with Gasteiger partial charge in [-0.05, 0) is 55.0 Å². The second-order valence-corrected chi connectivity index (χ2v) is 7.79. The summed E-state index contributed by atoms with van der Waals surface area (Å²) >= 11 is 1.12. The Morgan fingerprint density at radius 1 is 1.06 bits per heavy atom. The Labute approximate surface area is 200 Å². The minimum Gasteiger partial charge on any atom is -0.506 e. The highest BCUT2D eigenvalue weighted by atomic mass is 32.2. The molecule has 1 heterocycles. The molecule has 0 bridgehead atoms. The third-order valence-electron chi connectivity index (χ3n) is 4.51. The molecule has 0 saturated carbocycles. The van der Waals surface area contributed by atoms with Gasteiger partial charge in [0.1, 0.15) is 22.1 Å². The van der Waals surface area contributed by atoms with Crippen LogP contribution in [0.4, 0.5) is 5.69 Å². The number of aliphatic hydroxyl groups excluding tert-OH is 1. The van der Waals surface area contributed by atoms with Gasteiger partial charge in [-0.15, -0.1) is 0 Å². The first-order chi connectivity index (χ1) is 16.4. The van der Waals surface area contributed by atoms with Crippen LogP contribution in [0.3, 0.4) is 0 Å². The van der Waals surface area contributed by atoms with E-state index in [2.05, 4.69) is 4.99 Å². The van der Waals surface area contributed by atoms with Crippen molar-refractivity contribution in [3.8, 4) is 17.2 Å². The average molecular weight is 486 g/mol. The second kappa shape index (κ2) is 11.3. The van der Waals surface area contributed by atoms with Crippen LogP contribution in [-0.2, 0) is 14.3 Å². The summed E-state index contributed by atoms with van der Waals surface area (Å²) in [5.41, 5.74) is 1.17. The lowest BCUT2D eigenvalue weighted by Gasteiger charge is -2.10. The Morgan fingerprint density at radius 3 is 2.41 bits per heavy atom. The molecule has 0 radical (unpaired) electrons. The van der Waals surface area contributed by atoms with Crippen molar-refractivity contribution in [2.75, 3.05) is 27.4 Å². The Hall–Kier alpha value is -3.92. The number of carbonyl (C=O) groups excluding carboxylic acids is 1. The molecule has 0 atom stereocenters. The van der Waals surface area contributed by atoms with E-state index in [1.54, 1.807) is 62.6 Å². The zero-order valence-corrected chi connectivity index (χ0v) is 19.5. The Balaban J connectivity index is 1.97. The third kappa shape index (κ3) is 5.90. The van der Waals surface area contributed by atoms with Gasteiger partial charge in [-0.3, -0.25) is 0 Å². The van der Waals surface area contributed by atoms with Crippen molar-refractivity contribution in [1.29, 1.82) is 0 Å². The molecular weight excluding hydrogens is 462 g/mol. The highest BCUT2D eigenvalue weighted by molar-refractivity contribution is 8.18. The predicted molar refractivity (Wildman–Crippen MR) is 128 cm³/mol. The van der Waals surface area contributed by atoms with Crippen molar-refractivity contribution in [2.45, 2.75) is 6.92 Å². The highest BCUT2D eigenvalue weighted by Crippen LogP contribution is 2.41. The summed E-state index contributed by atoms with van der Waals surface area (Å²) in [6.45, 7) is 1.31. The number of hydrogen-bond donors (Lipinski definition) is 2. The maximum absolute atomic E-state index is 12.6. The smallest absolute Gasteiger partial charge is 0.344 e. The number of carboxylic acid groups (broad SMARTS) is 1. The molecule has 34 heavy (non-hydrogen) atoms. The van der Waals surface area contributed by atoms with Crippen molar-refractivity contribution in [1.82, 2.24) is 0 Å². The molecule has 0 fully saturated rings. The van der Waals surface area contributed by atoms with E-state index in [1.807, 2.05) is 0 Å². The molecule has 10 heteroatoms. The Morgan fingerprint density at radius 2 is 1.79 bits per heavy atom. The summed E-state index contributed by atoms with van der Waals surface area (Å²) in [5.74, 6) is -0.795. The lowest BCUT2D eigenvalue weighted by atomic mass is 10.1. The lowest BCUT2D eigenvalue weighted by Crippen LogP contribution is -2.12. The zero-order chi connectivity index (χ0) is 24.7. The monoisotopic (exact) mass is 485 g/mol. The Kier molecular flexibility index (Phi) is 8.20. The largest absolute Gasteiger partial charge is 0.506 e. The molecular formula is C24H23NO8S. The van der Waals surface area contributed by atoms with Crippen molar-refractivity contribution in [2.24, 2.45) is 4.99 Å². The van der Waals surface area contributed by atoms with Crippen LogP contribution in [0.15, 0.2) is 63.7 Å². The Bertz CT molecular complexity index is 1170. The number of hydrogen-bond acceptors (Lipinski definition) is 9. The van der Waals surface area contributed by atoms with Gasteiger partial charge in [0.25, 0.3) is 0 Å². The van der Waals surface area contributed by atoms with Crippen LogP contribution in [0, 0.1) is 0 Å². The van der Waals surface area contributed by atoms with Gasteiger partial charge in [-0.1, -0.05) is 17.8 Å². The number of methoxy groups -OCH3 is 2. The topological polar surface area (TPSA) is 124 Å². The number of aliphatic hydroxyl groups is 1. The normalized spacial score (nSPS) is 15.5. The molecule has 1 aliphatic heterocycles.